The number of rotatable bonds is 3. The van der Waals surface area contributed by atoms with Crippen molar-refractivity contribution in [2.24, 2.45) is 5.73 Å². The predicted octanol–water partition coefficient (Wildman–Crippen LogP) is 1.76. The lowest BCUT2D eigenvalue weighted by Crippen LogP contribution is -2.09. The standard InChI is InChI=1S/C11H12N2O3.ClH/c1-14-9-4-7(8(13)2-3-12)5-10-11(9)16-6-15-10;/h4-5,8H,2,6,13H2,1H3;1H/t8-;/m0./s1. The molecule has 0 unspecified atom stereocenters. The first-order valence-corrected chi connectivity index (χ1v) is 4.86. The molecule has 2 rings (SSSR count). The minimum Gasteiger partial charge on any atom is -0.493 e. The summed E-state index contributed by atoms with van der Waals surface area (Å²) in [6.07, 6.45) is 0.253. The molecule has 0 amide bonds. The molecule has 0 saturated carbocycles. The van der Waals surface area contributed by atoms with Crippen molar-refractivity contribution >= 4 is 12.4 Å². The molecular weight excluding hydrogens is 244 g/mol. The zero-order chi connectivity index (χ0) is 11.5. The highest BCUT2D eigenvalue weighted by Crippen LogP contribution is 2.42. The largest absolute Gasteiger partial charge is 0.493 e. The lowest BCUT2D eigenvalue weighted by molar-refractivity contribution is 0.171. The van der Waals surface area contributed by atoms with Gasteiger partial charge in [0.25, 0.3) is 0 Å². The Bertz CT molecular complexity index is 445. The number of fused-ring (bicyclic) bond motifs is 1. The minimum absolute atomic E-state index is 0. The fourth-order valence-electron chi connectivity index (χ4n) is 1.58. The van der Waals surface area contributed by atoms with Crippen LogP contribution in [0.25, 0.3) is 0 Å². The van der Waals surface area contributed by atoms with Gasteiger partial charge >= 0.3 is 0 Å². The van der Waals surface area contributed by atoms with Crippen LogP contribution in [0.4, 0.5) is 0 Å². The monoisotopic (exact) mass is 256 g/mol. The van der Waals surface area contributed by atoms with Crippen LogP contribution >= 0.6 is 12.4 Å². The number of nitrogens with two attached hydrogens (primary N) is 1. The molecule has 1 aromatic rings. The van der Waals surface area contributed by atoms with Gasteiger partial charge in [-0.05, 0) is 17.7 Å². The number of hydrogen-bond donors (Lipinski definition) is 1. The molecular formula is C11H13ClN2O3. The number of nitrogens with zero attached hydrogens (tertiary/aromatic N) is 1. The van der Waals surface area contributed by atoms with E-state index in [9.17, 15) is 0 Å². The van der Waals surface area contributed by atoms with E-state index in [0.717, 1.165) is 5.56 Å². The highest BCUT2D eigenvalue weighted by Gasteiger charge is 2.21. The first-order chi connectivity index (χ1) is 7.76. The van der Waals surface area contributed by atoms with Crippen molar-refractivity contribution in [3.8, 4) is 23.3 Å². The minimum atomic E-state index is -0.339. The van der Waals surface area contributed by atoms with E-state index in [2.05, 4.69) is 0 Å². The Hall–Kier alpha value is -1.64. The van der Waals surface area contributed by atoms with Gasteiger partial charge in [-0.25, -0.2) is 0 Å². The first kappa shape index (κ1) is 13.4. The molecule has 1 aliphatic rings. The normalized spacial score (nSPS) is 13.5. The molecule has 17 heavy (non-hydrogen) atoms. The highest BCUT2D eigenvalue weighted by atomic mass is 35.5. The Labute approximate surface area is 105 Å². The van der Waals surface area contributed by atoms with Crippen LogP contribution in [0.2, 0.25) is 0 Å². The Morgan fingerprint density at radius 1 is 1.53 bits per heavy atom. The van der Waals surface area contributed by atoms with E-state index in [1.54, 1.807) is 19.2 Å². The quantitative estimate of drug-likeness (QED) is 0.892. The topological polar surface area (TPSA) is 77.5 Å². The Kier molecular flexibility index (Phi) is 4.44. The summed E-state index contributed by atoms with van der Waals surface area (Å²) >= 11 is 0. The molecule has 1 aliphatic heterocycles. The van der Waals surface area contributed by atoms with Crippen LogP contribution in [-0.2, 0) is 0 Å². The predicted molar refractivity (Wildman–Crippen MR) is 63.5 cm³/mol. The Balaban J connectivity index is 0.00000144. The zero-order valence-electron chi connectivity index (χ0n) is 9.30. The molecule has 0 spiro atoms. The summed E-state index contributed by atoms with van der Waals surface area (Å²) in [5.41, 5.74) is 6.66. The maximum absolute atomic E-state index is 8.60. The van der Waals surface area contributed by atoms with Crippen LogP contribution in [0.5, 0.6) is 17.2 Å². The summed E-state index contributed by atoms with van der Waals surface area (Å²) in [5.74, 6) is 1.79. The third-order valence-corrected chi connectivity index (χ3v) is 2.42. The van der Waals surface area contributed by atoms with E-state index in [0.29, 0.717) is 17.2 Å². The molecule has 0 radical (unpaired) electrons. The van der Waals surface area contributed by atoms with Crippen LogP contribution in [0.3, 0.4) is 0 Å². The number of ether oxygens (including phenoxy) is 3. The van der Waals surface area contributed by atoms with Crippen molar-refractivity contribution in [3.05, 3.63) is 17.7 Å². The summed E-state index contributed by atoms with van der Waals surface area (Å²) in [6.45, 7) is 0.183. The second-order valence-electron chi connectivity index (χ2n) is 3.43. The van der Waals surface area contributed by atoms with Gasteiger partial charge in [0, 0.05) is 6.04 Å². The number of benzene rings is 1. The van der Waals surface area contributed by atoms with Gasteiger partial charge in [0.1, 0.15) is 0 Å². The van der Waals surface area contributed by atoms with Gasteiger partial charge in [0.05, 0.1) is 19.6 Å². The summed E-state index contributed by atoms with van der Waals surface area (Å²) in [6, 6.07) is 5.25. The Morgan fingerprint density at radius 3 is 2.94 bits per heavy atom. The van der Waals surface area contributed by atoms with E-state index in [4.69, 9.17) is 25.2 Å². The molecule has 1 atom stereocenters. The highest BCUT2D eigenvalue weighted by molar-refractivity contribution is 5.85. The number of hydrogen-bond acceptors (Lipinski definition) is 5. The molecule has 0 saturated heterocycles. The molecule has 6 heteroatoms. The smallest absolute Gasteiger partial charge is 0.231 e. The number of halogens is 1. The molecule has 5 nitrogen and oxygen atoms in total. The average molecular weight is 257 g/mol. The van der Waals surface area contributed by atoms with Gasteiger partial charge in [-0.1, -0.05) is 0 Å². The van der Waals surface area contributed by atoms with E-state index in [1.807, 2.05) is 6.07 Å². The van der Waals surface area contributed by atoms with Crippen molar-refractivity contribution in [1.29, 1.82) is 5.26 Å². The van der Waals surface area contributed by atoms with Crippen molar-refractivity contribution in [2.75, 3.05) is 13.9 Å². The van der Waals surface area contributed by atoms with Gasteiger partial charge in [0.15, 0.2) is 11.5 Å². The molecule has 2 N–H and O–H groups in total. The first-order valence-electron chi connectivity index (χ1n) is 4.86. The van der Waals surface area contributed by atoms with Crippen LogP contribution in [0, 0.1) is 11.3 Å². The SMILES string of the molecule is COc1cc([C@@H](N)CC#N)cc2c1OCO2.Cl. The van der Waals surface area contributed by atoms with Gasteiger partial charge in [-0.3, -0.25) is 0 Å². The molecule has 0 bridgehead atoms. The number of nitriles is 1. The van der Waals surface area contributed by atoms with E-state index < -0.39 is 0 Å². The molecule has 0 aromatic heterocycles. The Morgan fingerprint density at radius 2 is 2.29 bits per heavy atom. The summed E-state index contributed by atoms with van der Waals surface area (Å²) in [4.78, 5) is 0. The second-order valence-corrected chi connectivity index (χ2v) is 3.43. The van der Waals surface area contributed by atoms with E-state index >= 15 is 0 Å². The van der Waals surface area contributed by atoms with E-state index in [-0.39, 0.29) is 31.7 Å². The van der Waals surface area contributed by atoms with Crippen LogP contribution in [0.15, 0.2) is 12.1 Å². The molecule has 92 valence electrons. The van der Waals surface area contributed by atoms with Gasteiger partial charge in [-0.2, -0.15) is 5.26 Å². The fourth-order valence-corrected chi connectivity index (χ4v) is 1.58. The van der Waals surface area contributed by atoms with Gasteiger partial charge in [-0.15, -0.1) is 12.4 Å². The lowest BCUT2D eigenvalue weighted by atomic mass is 10.0. The van der Waals surface area contributed by atoms with Crippen molar-refractivity contribution < 1.29 is 14.2 Å². The van der Waals surface area contributed by atoms with Crippen LogP contribution in [-0.4, -0.2) is 13.9 Å². The van der Waals surface area contributed by atoms with E-state index in [1.165, 1.54) is 0 Å². The maximum Gasteiger partial charge on any atom is 0.231 e. The third kappa shape index (κ3) is 2.54. The summed E-state index contributed by atoms with van der Waals surface area (Å²) in [7, 11) is 1.55. The fraction of sp³-hybridized carbons (Fsp3) is 0.364. The summed E-state index contributed by atoms with van der Waals surface area (Å²) < 4.78 is 15.7. The average Bonchev–Trinajstić information content (AvgIpc) is 2.75. The lowest BCUT2D eigenvalue weighted by Gasteiger charge is -2.11. The second kappa shape index (κ2) is 5.62. The zero-order valence-corrected chi connectivity index (χ0v) is 10.1. The van der Waals surface area contributed by atoms with Crippen molar-refractivity contribution in [1.82, 2.24) is 0 Å². The molecule has 1 heterocycles. The van der Waals surface area contributed by atoms with Crippen LogP contribution < -0.4 is 19.9 Å². The molecule has 1 aromatic carbocycles. The van der Waals surface area contributed by atoms with Gasteiger partial charge in [0.2, 0.25) is 12.5 Å². The van der Waals surface area contributed by atoms with Crippen LogP contribution in [0.1, 0.15) is 18.0 Å². The van der Waals surface area contributed by atoms with Crippen molar-refractivity contribution in [3.63, 3.8) is 0 Å². The third-order valence-electron chi connectivity index (χ3n) is 2.42. The number of methoxy groups -OCH3 is 1. The van der Waals surface area contributed by atoms with Gasteiger partial charge < -0.3 is 19.9 Å². The molecule has 0 aliphatic carbocycles. The van der Waals surface area contributed by atoms with Crippen molar-refractivity contribution in [2.45, 2.75) is 12.5 Å². The molecule has 0 fully saturated rings. The maximum atomic E-state index is 8.60. The summed E-state index contributed by atoms with van der Waals surface area (Å²) in [5, 5.41) is 8.60.